The Balaban J connectivity index is 2.59. The van der Waals surface area contributed by atoms with Crippen LogP contribution in [0.4, 0.5) is 0 Å². The molecule has 122 valence electrons. The third-order valence-electron chi connectivity index (χ3n) is 4.38. The molecule has 0 bridgehead atoms. The van der Waals surface area contributed by atoms with Crippen LogP contribution in [0.2, 0.25) is 0 Å². The fraction of sp³-hybridized carbons (Fsp3) is 0.600. The third kappa shape index (κ3) is 2.74. The van der Waals surface area contributed by atoms with E-state index < -0.39 is 17.5 Å². The molecule has 2 heterocycles. The Bertz CT molecular complexity index is 534. The number of carboxylic acid groups (broad SMARTS) is 2. The van der Waals surface area contributed by atoms with Crippen LogP contribution in [-0.4, -0.2) is 58.9 Å². The lowest BCUT2D eigenvalue weighted by molar-refractivity contribution is -0.134. The van der Waals surface area contributed by atoms with Gasteiger partial charge in [0.05, 0.1) is 18.8 Å². The van der Waals surface area contributed by atoms with Gasteiger partial charge in [-0.15, -0.1) is 0 Å². The van der Waals surface area contributed by atoms with Crippen molar-refractivity contribution in [2.45, 2.75) is 32.2 Å². The zero-order valence-corrected chi connectivity index (χ0v) is 12.9. The van der Waals surface area contributed by atoms with E-state index in [1.165, 1.54) is 0 Å². The van der Waals surface area contributed by atoms with E-state index in [2.05, 4.69) is 10.2 Å². The van der Waals surface area contributed by atoms with Crippen molar-refractivity contribution in [3.63, 3.8) is 0 Å². The molecule has 0 radical (unpaired) electrons. The van der Waals surface area contributed by atoms with Crippen molar-refractivity contribution in [3.05, 3.63) is 23.0 Å². The summed E-state index contributed by atoms with van der Waals surface area (Å²) in [4.78, 5) is 25.1. The molecule has 0 aliphatic carbocycles. The lowest BCUT2D eigenvalue weighted by Gasteiger charge is -2.47. The van der Waals surface area contributed by atoms with E-state index in [0.29, 0.717) is 39.1 Å². The summed E-state index contributed by atoms with van der Waals surface area (Å²) in [7, 11) is 0. The topological polar surface area (TPSA) is 99.1 Å². The van der Waals surface area contributed by atoms with Crippen LogP contribution in [0.5, 0.6) is 0 Å². The van der Waals surface area contributed by atoms with Gasteiger partial charge in [-0.25, -0.2) is 9.59 Å². The third-order valence-corrected chi connectivity index (χ3v) is 4.38. The number of carboxylic acids is 2. The number of aliphatic carboxylic acids is 2. The molecule has 0 aromatic carbocycles. The van der Waals surface area contributed by atoms with Crippen molar-refractivity contribution in [1.82, 2.24) is 10.2 Å². The SMILES string of the molecule is CCC1=C(C(=O)O)NC(C(=O)O)=CC1(CC)N1CCOCC1. The first-order chi connectivity index (χ1) is 10.5. The first-order valence-corrected chi connectivity index (χ1v) is 7.49. The number of ether oxygens (including phenoxy) is 1. The molecule has 0 amide bonds. The predicted octanol–water partition coefficient (Wildman–Crippen LogP) is 0.788. The van der Waals surface area contributed by atoms with E-state index in [-0.39, 0.29) is 11.4 Å². The summed E-state index contributed by atoms with van der Waals surface area (Å²) in [6.45, 7) is 6.26. The van der Waals surface area contributed by atoms with Crippen LogP contribution in [0.1, 0.15) is 26.7 Å². The molecule has 2 rings (SSSR count). The lowest BCUT2D eigenvalue weighted by atomic mass is 9.79. The van der Waals surface area contributed by atoms with Crippen molar-refractivity contribution < 1.29 is 24.5 Å². The zero-order valence-electron chi connectivity index (χ0n) is 12.9. The summed E-state index contributed by atoms with van der Waals surface area (Å²) in [6, 6.07) is 0. The molecule has 22 heavy (non-hydrogen) atoms. The molecule has 0 saturated carbocycles. The summed E-state index contributed by atoms with van der Waals surface area (Å²) in [5.41, 5.74) is -0.0707. The van der Waals surface area contributed by atoms with Gasteiger partial charge in [0.2, 0.25) is 0 Å². The molecular formula is C15H22N2O5. The number of rotatable bonds is 5. The van der Waals surface area contributed by atoms with Crippen LogP contribution >= 0.6 is 0 Å². The van der Waals surface area contributed by atoms with Crippen LogP contribution in [0.25, 0.3) is 0 Å². The Morgan fingerprint density at radius 1 is 1.27 bits per heavy atom. The molecule has 7 heteroatoms. The molecule has 7 nitrogen and oxygen atoms in total. The molecular weight excluding hydrogens is 288 g/mol. The molecule has 1 unspecified atom stereocenters. The van der Waals surface area contributed by atoms with Crippen LogP contribution in [0, 0.1) is 0 Å². The molecule has 2 aliphatic rings. The van der Waals surface area contributed by atoms with E-state index in [1.807, 2.05) is 13.8 Å². The first-order valence-electron chi connectivity index (χ1n) is 7.49. The average Bonchev–Trinajstić information content (AvgIpc) is 2.53. The molecule has 1 atom stereocenters. The minimum atomic E-state index is -1.15. The molecule has 2 aliphatic heterocycles. The second-order valence-electron chi connectivity index (χ2n) is 5.38. The van der Waals surface area contributed by atoms with E-state index >= 15 is 0 Å². The molecule has 1 fully saturated rings. The quantitative estimate of drug-likeness (QED) is 0.690. The van der Waals surface area contributed by atoms with Gasteiger partial charge in [0, 0.05) is 13.1 Å². The van der Waals surface area contributed by atoms with Crippen molar-refractivity contribution in [1.29, 1.82) is 0 Å². The van der Waals surface area contributed by atoms with Crippen LogP contribution in [0.15, 0.2) is 23.0 Å². The highest BCUT2D eigenvalue weighted by Crippen LogP contribution is 2.38. The molecule has 3 N–H and O–H groups in total. The second kappa shape index (κ2) is 6.50. The first kappa shape index (κ1) is 16.5. The number of morpholine rings is 1. The van der Waals surface area contributed by atoms with E-state index in [4.69, 9.17) is 4.74 Å². The van der Waals surface area contributed by atoms with Crippen LogP contribution in [-0.2, 0) is 14.3 Å². The van der Waals surface area contributed by atoms with Crippen molar-refractivity contribution in [2.24, 2.45) is 0 Å². The van der Waals surface area contributed by atoms with Gasteiger partial charge in [-0.2, -0.15) is 0 Å². The van der Waals surface area contributed by atoms with Crippen LogP contribution < -0.4 is 5.32 Å². The number of dihydropyridines is 1. The Morgan fingerprint density at radius 3 is 2.36 bits per heavy atom. The Hall–Kier alpha value is -1.86. The molecule has 0 spiro atoms. The maximum atomic E-state index is 11.6. The van der Waals surface area contributed by atoms with Gasteiger partial charge in [-0.05, 0) is 24.5 Å². The number of hydrogen-bond acceptors (Lipinski definition) is 5. The molecule has 0 aromatic heterocycles. The second-order valence-corrected chi connectivity index (χ2v) is 5.38. The highest BCUT2D eigenvalue weighted by molar-refractivity contribution is 5.94. The van der Waals surface area contributed by atoms with Gasteiger partial charge in [0.15, 0.2) is 0 Å². The zero-order chi connectivity index (χ0) is 16.3. The van der Waals surface area contributed by atoms with E-state index in [1.54, 1.807) is 6.08 Å². The fourth-order valence-corrected chi connectivity index (χ4v) is 3.35. The minimum absolute atomic E-state index is 0.0178. The monoisotopic (exact) mass is 310 g/mol. The summed E-state index contributed by atoms with van der Waals surface area (Å²) < 4.78 is 5.37. The highest BCUT2D eigenvalue weighted by Gasteiger charge is 2.43. The summed E-state index contributed by atoms with van der Waals surface area (Å²) in [5.74, 6) is -2.28. The van der Waals surface area contributed by atoms with Gasteiger partial charge < -0.3 is 20.3 Å². The minimum Gasteiger partial charge on any atom is -0.477 e. The summed E-state index contributed by atoms with van der Waals surface area (Å²) in [6.07, 6.45) is 2.79. The summed E-state index contributed by atoms with van der Waals surface area (Å²) in [5, 5.41) is 21.4. The Labute approximate surface area is 129 Å². The van der Waals surface area contributed by atoms with Gasteiger partial charge in [-0.3, -0.25) is 4.90 Å². The number of nitrogens with zero attached hydrogens (tertiary/aromatic N) is 1. The van der Waals surface area contributed by atoms with Gasteiger partial charge in [-0.1, -0.05) is 13.8 Å². The Morgan fingerprint density at radius 2 is 1.91 bits per heavy atom. The Kier molecular flexibility index (Phi) is 4.87. The van der Waals surface area contributed by atoms with Gasteiger partial charge >= 0.3 is 11.9 Å². The standard InChI is InChI=1S/C15H22N2O5/c1-3-10-12(14(20)21)16-11(13(18)19)9-15(10,4-2)17-5-7-22-8-6-17/h9,16H,3-8H2,1-2H3,(H,18,19)(H,20,21). The molecule has 0 aromatic rings. The van der Waals surface area contributed by atoms with Crippen molar-refractivity contribution >= 4 is 11.9 Å². The smallest absolute Gasteiger partial charge is 0.352 e. The average molecular weight is 310 g/mol. The maximum Gasteiger partial charge on any atom is 0.352 e. The highest BCUT2D eigenvalue weighted by atomic mass is 16.5. The van der Waals surface area contributed by atoms with Gasteiger partial charge in [0.25, 0.3) is 0 Å². The summed E-state index contributed by atoms with van der Waals surface area (Å²) >= 11 is 0. The van der Waals surface area contributed by atoms with E-state index in [0.717, 1.165) is 5.57 Å². The number of hydrogen-bond donors (Lipinski definition) is 3. The fourth-order valence-electron chi connectivity index (χ4n) is 3.35. The predicted molar refractivity (Wildman–Crippen MR) is 79.2 cm³/mol. The lowest BCUT2D eigenvalue weighted by Crippen LogP contribution is -2.56. The largest absolute Gasteiger partial charge is 0.477 e. The molecule has 1 saturated heterocycles. The number of carbonyl (C=O) groups is 2. The normalized spacial score (nSPS) is 26.4. The maximum absolute atomic E-state index is 11.6. The van der Waals surface area contributed by atoms with Crippen molar-refractivity contribution in [2.75, 3.05) is 26.3 Å². The van der Waals surface area contributed by atoms with Crippen LogP contribution in [0.3, 0.4) is 0 Å². The number of nitrogens with one attached hydrogen (secondary N) is 1. The van der Waals surface area contributed by atoms with Gasteiger partial charge in [0.1, 0.15) is 11.4 Å². The van der Waals surface area contributed by atoms with Crippen molar-refractivity contribution in [3.8, 4) is 0 Å². The van der Waals surface area contributed by atoms with E-state index in [9.17, 15) is 19.8 Å².